The van der Waals surface area contributed by atoms with Crippen LogP contribution in [0.4, 0.5) is 8.78 Å². The number of halogens is 2. The van der Waals surface area contributed by atoms with Gasteiger partial charge in [0.2, 0.25) is 5.92 Å². The van der Waals surface area contributed by atoms with Crippen molar-refractivity contribution < 1.29 is 18.7 Å². The standard InChI is InChI=1S/C11H19F2NO2/c1-3-9(10(15)16)14-6-4-5-8(7-14)11(2,12)13/h8-9H,3-7H2,1-2H3,(H,15,16)/t8-,9-/m1/s1. The second-order valence-corrected chi connectivity index (χ2v) is 4.55. The minimum atomic E-state index is -2.71. The maximum atomic E-state index is 13.2. The van der Waals surface area contributed by atoms with E-state index in [1.807, 2.05) is 0 Å². The van der Waals surface area contributed by atoms with Gasteiger partial charge >= 0.3 is 5.97 Å². The number of aliphatic carboxylic acids is 1. The van der Waals surface area contributed by atoms with Gasteiger partial charge in [-0.15, -0.1) is 0 Å². The van der Waals surface area contributed by atoms with E-state index < -0.39 is 23.9 Å². The van der Waals surface area contributed by atoms with E-state index in [9.17, 15) is 13.6 Å². The highest BCUT2D eigenvalue weighted by Crippen LogP contribution is 2.32. The molecule has 0 spiro atoms. The van der Waals surface area contributed by atoms with Gasteiger partial charge in [0.25, 0.3) is 0 Å². The van der Waals surface area contributed by atoms with Crippen LogP contribution in [0.2, 0.25) is 0 Å². The lowest BCUT2D eigenvalue weighted by Crippen LogP contribution is -2.49. The fourth-order valence-electron chi connectivity index (χ4n) is 2.29. The molecule has 3 nitrogen and oxygen atoms in total. The van der Waals surface area contributed by atoms with Crippen molar-refractivity contribution in [2.75, 3.05) is 13.1 Å². The Hall–Kier alpha value is -0.710. The highest BCUT2D eigenvalue weighted by atomic mass is 19.3. The lowest BCUT2D eigenvalue weighted by Gasteiger charge is -2.38. The Bertz CT molecular complexity index is 253. The van der Waals surface area contributed by atoms with Gasteiger partial charge in [-0.1, -0.05) is 6.92 Å². The molecule has 1 aliphatic heterocycles. The second-order valence-electron chi connectivity index (χ2n) is 4.55. The van der Waals surface area contributed by atoms with Crippen molar-refractivity contribution in [3.63, 3.8) is 0 Å². The Morgan fingerprint density at radius 2 is 2.25 bits per heavy atom. The first-order valence-corrected chi connectivity index (χ1v) is 5.71. The summed E-state index contributed by atoms with van der Waals surface area (Å²) in [5, 5.41) is 8.99. The van der Waals surface area contributed by atoms with E-state index in [4.69, 9.17) is 5.11 Å². The van der Waals surface area contributed by atoms with Gasteiger partial charge in [0.1, 0.15) is 6.04 Å². The average molecular weight is 235 g/mol. The maximum Gasteiger partial charge on any atom is 0.320 e. The van der Waals surface area contributed by atoms with E-state index in [2.05, 4.69) is 0 Å². The number of carboxylic acid groups (broad SMARTS) is 1. The second kappa shape index (κ2) is 5.08. The van der Waals surface area contributed by atoms with Gasteiger partial charge in [-0.2, -0.15) is 0 Å². The fourth-order valence-corrected chi connectivity index (χ4v) is 2.29. The summed E-state index contributed by atoms with van der Waals surface area (Å²) in [6.45, 7) is 3.49. The van der Waals surface area contributed by atoms with Crippen molar-refractivity contribution in [1.29, 1.82) is 0 Å². The van der Waals surface area contributed by atoms with Gasteiger partial charge < -0.3 is 5.11 Å². The van der Waals surface area contributed by atoms with Crippen molar-refractivity contribution in [3.8, 4) is 0 Å². The first kappa shape index (κ1) is 13.4. The Morgan fingerprint density at radius 3 is 2.69 bits per heavy atom. The van der Waals surface area contributed by atoms with Crippen LogP contribution in [0, 0.1) is 5.92 Å². The number of alkyl halides is 2. The zero-order chi connectivity index (χ0) is 12.3. The molecule has 1 aliphatic rings. The molecule has 5 heteroatoms. The molecule has 1 N–H and O–H groups in total. The monoisotopic (exact) mass is 235 g/mol. The molecule has 0 unspecified atom stereocenters. The third-order valence-corrected chi connectivity index (χ3v) is 3.28. The minimum absolute atomic E-state index is 0.189. The van der Waals surface area contributed by atoms with Crippen LogP contribution < -0.4 is 0 Å². The molecule has 0 saturated carbocycles. The van der Waals surface area contributed by atoms with Crippen LogP contribution in [0.3, 0.4) is 0 Å². The number of rotatable bonds is 4. The fraction of sp³-hybridized carbons (Fsp3) is 0.909. The first-order chi connectivity index (χ1) is 7.36. The van der Waals surface area contributed by atoms with Crippen LogP contribution in [0.1, 0.15) is 33.1 Å². The summed E-state index contributed by atoms with van der Waals surface area (Å²) >= 11 is 0. The molecular weight excluding hydrogens is 216 g/mol. The normalized spacial score (nSPS) is 25.4. The van der Waals surface area contributed by atoms with Gasteiger partial charge in [-0.25, -0.2) is 8.78 Å². The van der Waals surface area contributed by atoms with Crippen LogP contribution in [0.25, 0.3) is 0 Å². The molecule has 0 aromatic rings. The Balaban J connectivity index is 2.66. The highest BCUT2D eigenvalue weighted by molar-refractivity contribution is 5.73. The molecular formula is C11H19F2NO2. The van der Waals surface area contributed by atoms with E-state index >= 15 is 0 Å². The lowest BCUT2D eigenvalue weighted by atomic mass is 9.91. The summed E-state index contributed by atoms with van der Waals surface area (Å²) in [5.41, 5.74) is 0. The molecule has 0 amide bonds. The van der Waals surface area contributed by atoms with E-state index in [-0.39, 0.29) is 6.54 Å². The largest absolute Gasteiger partial charge is 0.480 e. The molecule has 0 aromatic carbocycles. The summed E-state index contributed by atoms with van der Waals surface area (Å²) < 4.78 is 26.4. The van der Waals surface area contributed by atoms with Gasteiger partial charge in [-0.05, 0) is 32.7 Å². The molecule has 16 heavy (non-hydrogen) atoms. The van der Waals surface area contributed by atoms with E-state index in [0.717, 1.165) is 6.92 Å². The Morgan fingerprint density at radius 1 is 1.62 bits per heavy atom. The maximum absolute atomic E-state index is 13.2. The SMILES string of the molecule is CC[C@H](C(=O)O)N1CCC[C@@H](C(C)(F)F)C1. The van der Waals surface area contributed by atoms with Gasteiger partial charge in [0.15, 0.2) is 0 Å². The van der Waals surface area contributed by atoms with Gasteiger partial charge in [0.05, 0.1) is 0 Å². The zero-order valence-electron chi connectivity index (χ0n) is 9.75. The summed E-state index contributed by atoms with van der Waals surface area (Å²) in [4.78, 5) is 12.6. The number of hydrogen-bond acceptors (Lipinski definition) is 2. The molecule has 1 rings (SSSR count). The molecule has 1 fully saturated rings. The number of carbonyl (C=O) groups is 1. The van der Waals surface area contributed by atoms with Crippen LogP contribution in [0.5, 0.6) is 0 Å². The van der Waals surface area contributed by atoms with Crippen molar-refractivity contribution in [2.24, 2.45) is 5.92 Å². The molecule has 0 aromatic heterocycles. The number of hydrogen-bond donors (Lipinski definition) is 1. The quantitative estimate of drug-likeness (QED) is 0.812. The molecule has 94 valence electrons. The number of carboxylic acids is 1. The van der Waals surface area contributed by atoms with Gasteiger partial charge in [-0.3, -0.25) is 9.69 Å². The number of likely N-dealkylation sites (tertiary alicyclic amines) is 1. The predicted molar refractivity (Wildman–Crippen MR) is 56.6 cm³/mol. The summed E-state index contributed by atoms with van der Waals surface area (Å²) in [6, 6.07) is -0.620. The Kier molecular flexibility index (Phi) is 4.24. The molecule has 0 radical (unpaired) electrons. The third-order valence-electron chi connectivity index (χ3n) is 3.28. The molecule has 2 atom stereocenters. The van der Waals surface area contributed by atoms with E-state index in [1.165, 1.54) is 0 Å². The smallest absolute Gasteiger partial charge is 0.320 e. The van der Waals surface area contributed by atoms with E-state index in [0.29, 0.717) is 25.8 Å². The van der Waals surface area contributed by atoms with Crippen molar-refractivity contribution >= 4 is 5.97 Å². The first-order valence-electron chi connectivity index (χ1n) is 5.71. The predicted octanol–water partition coefficient (Wildman–Crippen LogP) is 2.22. The van der Waals surface area contributed by atoms with Crippen LogP contribution in [0.15, 0.2) is 0 Å². The van der Waals surface area contributed by atoms with Gasteiger partial charge in [0, 0.05) is 12.5 Å². The van der Waals surface area contributed by atoms with Crippen molar-refractivity contribution in [1.82, 2.24) is 4.90 Å². The highest BCUT2D eigenvalue weighted by Gasteiger charge is 2.39. The van der Waals surface area contributed by atoms with E-state index in [1.54, 1.807) is 11.8 Å². The molecule has 0 bridgehead atoms. The summed E-state index contributed by atoms with van der Waals surface area (Å²) in [5.74, 6) is -4.34. The third kappa shape index (κ3) is 3.14. The topological polar surface area (TPSA) is 40.5 Å². The molecule has 0 aliphatic carbocycles. The summed E-state index contributed by atoms with van der Waals surface area (Å²) in [7, 11) is 0. The van der Waals surface area contributed by atoms with Crippen LogP contribution >= 0.6 is 0 Å². The Labute approximate surface area is 94.4 Å². The van der Waals surface area contributed by atoms with Crippen LogP contribution in [-0.4, -0.2) is 41.0 Å². The number of nitrogens with zero attached hydrogens (tertiary/aromatic N) is 1. The number of piperidine rings is 1. The lowest BCUT2D eigenvalue weighted by molar-refractivity contribution is -0.146. The van der Waals surface area contributed by atoms with Crippen LogP contribution in [-0.2, 0) is 4.79 Å². The summed E-state index contributed by atoms with van der Waals surface area (Å²) in [6.07, 6.45) is 1.59. The average Bonchev–Trinajstić information content (AvgIpc) is 2.17. The molecule has 1 saturated heterocycles. The molecule has 1 heterocycles. The van der Waals surface area contributed by atoms with Crippen molar-refractivity contribution in [2.45, 2.75) is 45.1 Å². The zero-order valence-corrected chi connectivity index (χ0v) is 9.75. The van der Waals surface area contributed by atoms with Crippen molar-refractivity contribution in [3.05, 3.63) is 0 Å². The minimum Gasteiger partial charge on any atom is -0.480 e.